The van der Waals surface area contributed by atoms with Crippen LogP contribution in [-0.4, -0.2) is 27.7 Å². The lowest BCUT2D eigenvalue weighted by Crippen LogP contribution is -2.07. The minimum atomic E-state index is -0.514. The van der Waals surface area contributed by atoms with Gasteiger partial charge in [-0.2, -0.15) is 0 Å². The number of nitro groups is 1. The molecule has 8 heteroatoms. The summed E-state index contributed by atoms with van der Waals surface area (Å²) in [5.41, 5.74) is 0.342. The van der Waals surface area contributed by atoms with Gasteiger partial charge in [-0.05, 0) is 13.0 Å². The Labute approximate surface area is 113 Å². The predicted molar refractivity (Wildman–Crippen MR) is 66.7 cm³/mol. The third kappa shape index (κ3) is 3.16. The molecule has 2 aromatic rings. The van der Waals surface area contributed by atoms with Crippen LogP contribution in [0.15, 0.2) is 28.7 Å². The van der Waals surface area contributed by atoms with E-state index in [9.17, 15) is 14.9 Å². The number of hydrogen-bond donors (Lipinski definition) is 0. The van der Waals surface area contributed by atoms with E-state index in [4.69, 9.17) is 9.15 Å². The molecule has 0 amide bonds. The maximum Gasteiger partial charge on any atom is 0.315 e. The van der Waals surface area contributed by atoms with Gasteiger partial charge in [-0.3, -0.25) is 14.9 Å². The van der Waals surface area contributed by atoms with Crippen molar-refractivity contribution in [2.24, 2.45) is 0 Å². The number of ether oxygens (including phenoxy) is 1. The molecule has 1 heterocycles. The summed E-state index contributed by atoms with van der Waals surface area (Å²) in [7, 11) is 0. The summed E-state index contributed by atoms with van der Waals surface area (Å²) >= 11 is 0. The summed E-state index contributed by atoms with van der Waals surface area (Å²) in [6.45, 7) is 1.96. The topological polar surface area (TPSA) is 108 Å². The number of hydrogen-bond acceptors (Lipinski definition) is 7. The van der Waals surface area contributed by atoms with Gasteiger partial charge < -0.3 is 9.15 Å². The fourth-order valence-corrected chi connectivity index (χ4v) is 1.53. The smallest absolute Gasteiger partial charge is 0.315 e. The Kier molecular flexibility index (Phi) is 4.04. The van der Waals surface area contributed by atoms with Gasteiger partial charge in [0.2, 0.25) is 11.8 Å². The van der Waals surface area contributed by atoms with Gasteiger partial charge in [-0.1, -0.05) is 6.07 Å². The fraction of sp³-hybridized carbons (Fsp3) is 0.250. The standard InChI is InChI=1S/C12H11N3O5/c1-2-19-11(16)7-10-13-14-12(20-10)8-4-3-5-9(6-8)15(17)18/h3-6H,2,7H2,1H3. The SMILES string of the molecule is CCOC(=O)Cc1nnc(-c2cccc([N+](=O)[O-])c2)o1. The average Bonchev–Trinajstić information content (AvgIpc) is 2.87. The zero-order valence-electron chi connectivity index (χ0n) is 10.6. The Bertz CT molecular complexity index is 638. The number of nitro benzene ring substituents is 1. The molecule has 1 aromatic heterocycles. The molecule has 104 valence electrons. The highest BCUT2D eigenvalue weighted by Crippen LogP contribution is 2.22. The summed E-state index contributed by atoms with van der Waals surface area (Å²) in [5, 5.41) is 18.1. The van der Waals surface area contributed by atoms with Gasteiger partial charge in [0.1, 0.15) is 6.42 Å². The summed E-state index contributed by atoms with van der Waals surface area (Å²) in [6.07, 6.45) is -0.129. The second-order valence-corrected chi connectivity index (χ2v) is 3.79. The number of rotatable bonds is 5. The van der Waals surface area contributed by atoms with Crippen molar-refractivity contribution in [1.82, 2.24) is 10.2 Å². The molecule has 20 heavy (non-hydrogen) atoms. The molecule has 0 atom stereocenters. The molecule has 2 rings (SSSR count). The van der Waals surface area contributed by atoms with Gasteiger partial charge >= 0.3 is 5.97 Å². The number of carbonyl (C=O) groups excluding carboxylic acids is 1. The van der Waals surface area contributed by atoms with Crippen molar-refractivity contribution in [3.63, 3.8) is 0 Å². The van der Waals surface area contributed by atoms with Gasteiger partial charge in [-0.25, -0.2) is 0 Å². The van der Waals surface area contributed by atoms with Crippen LogP contribution in [0, 0.1) is 10.1 Å². The molecule has 0 aliphatic rings. The van der Waals surface area contributed by atoms with Crippen LogP contribution in [0.5, 0.6) is 0 Å². The zero-order chi connectivity index (χ0) is 14.5. The normalized spacial score (nSPS) is 10.2. The van der Waals surface area contributed by atoms with E-state index in [0.717, 1.165) is 0 Å². The Morgan fingerprint density at radius 3 is 2.95 bits per heavy atom. The van der Waals surface area contributed by atoms with Gasteiger partial charge in [0.25, 0.3) is 5.69 Å². The highest BCUT2D eigenvalue weighted by molar-refractivity contribution is 5.71. The number of non-ortho nitro benzene ring substituents is 1. The van der Waals surface area contributed by atoms with Crippen molar-refractivity contribution in [3.05, 3.63) is 40.3 Å². The van der Waals surface area contributed by atoms with Crippen LogP contribution in [0.2, 0.25) is 0 Å². The minimum Gasteiger partial charge on any atom is -0.466 e. The molecule has 0 spiro atoms. The first-order valence-corrected chi connectivity index (χ1v) is 5.83. The third-order valence-electron chi connectivity index (χ3n) is 2.37. The van der Waals surface area contributed by atoms with Crippen molar-refractivity contribution in [2.75, 3.05) is 6.61 Å². The summed E-state index contributed by atoms with van der Waals surface area (Å²) < 4.78 is 10.0. The van der Waals surface area contributed by atoms with E-state index in [1.165, 1.54) is 18.2 Å². The van der Waals surface area contributed by atoms with Crippen LogP contribution >= 0.6 is 0 Å². The van der Waals surface area contributed by atoms with Crippen molar-refractivity contribution in [2.45, 2.75) is 13.3 Å². The minimum absolute atomic E-state index is 0.0763. The predicted octanol–water partition coefficient (Wildman–Crippen LogP) is 1.75. The molecule has 0 aliphatic heterocycles. The Morgan fingerprint density at radius 2 is 2.25 bits per heavy atom. The van der Waals surface area contributed by atoms with Crippen LogP contribution in [0.3, 0.4) is 0 Å². The maximum absolute atomic E-state index is 11.3. The second kappa shape index (κ2) is 5.91. The van der Waals surface area contributed by atoms with Gasteiger partial charge in [0.15, 0.2) is 0 Å². The molecular formula is C12H11N3O5. The first kappa shape index (κ1) is 13.7. The Balaban J connectivity index is 2.18. The van der Waals surface area contributed by atoms with E-state index < -0.39 is 10.9 Å². The monoisotopic (exact) mass is 277 g/mol. The van der Waals surface area contributed by atoms with Crippen LogP contribution < -0.4 is 0 Å². The fourth-order valence-electron chi connectivity index (χ4n) is 1.53. The first-order chi connectivity index (χ1) is 9.60. The Hall–Kier alpha value is -2.77. The maximum atomic E-state index is 11.3. The average molecular weight is 277 g/mol. The summed E-state index contributed by atoms with van der Waals surface area (Å²) in [4.78, 5) is 21.4. The largest absolute Gasteiger partial charge is 0.466 e. The van der Waals surface area contributed by atoms with Crippen molar-refractivity contribution >= 4 is 11.7 Å². The van der Waals surface area contributed by atoms with E-state index in [1.807, 2.05) is 0 Å². The lowest BCUT2D eigenvalue weighted by molar-refractivity contribution is -0.384. The molecule has 0 radical (unpaired) electrons. The molecule has 0 aliphatic carbocycles. The molecule has 8 nitrogen and oxygen atoms in total. The van der Waals surface area contributed by atoms with Crippen LogP contribution in [0.25, 0.3) is 11.5 Å². The summed E-state index contributed by atoms with van der Waals surface area (Å²) in [5.74, 6) is -0.250. The molecular weight excluding hydrogens is 266 g/mol. The molecule has 0 saturated carbocycles. The molecule has 0 saturated heterocycles. The zero-order valence-corrected chi connectivity index (χ0v) is 10.6. The Morgan fingerprint density at radius 1 is 1.45 bits per heavy atom. The molecule has 0 N–H and O–H groups in total. The van der Waals surface area contributed by atoms with Gasteiger partial charge in [0, 0.05) is 17.7 Å². The number of aromatic nitrogens is 2. The van der Waals surface area contributed by atoms with E-state index in [1.54, 1.807) is 13.0 Å². The van der Waals surface area contributed by atoms with Crippen molar-refractivity contribution in [1.29, 1.82) is 0 Å². The van der Waals surface area contributed by atoms with Crippen LogP contribution in [-0.2, 0) is 16.0 Å². The second-order valence-electron chi connectivity index (χ2n) is 3.79. The van der Waals surface area contributed by atoms with Gasteiger partial charge in [0.05, 0.1) is 11.5 Å². The lowest BCUT2D eigenvalue weighted by Gasteiger charge is -1.97. The van der Waals surface area contributed by atoms with Crippen molar-refractivity contribution < 1.29 is 18.9 Å². The quantitative estimate of drug-likeness (QED) is 0.465. The first-order valence-electron chi connectivity index (χ1n) is 5.83. The number of carbonyl (C=O) groups is 1. The third-order valence-corrected chi connectivity index (χ3v) is 2.37. The van der Waals surface area contributed by atoms with E-state index in [2.05, 4.69) is 10.2 Å². The van der Waals surface area contributed by atoms with E-state index in [0.29, 0.717) is 5.56 Å². The number of esters is 1. The molecule has 0 fully saturated rings. The molecule has 0 bridgehead atoms. The summed E-state index contributed by atoms with van der Waals surface area (Å²) in [6, 6.07) is 5.80. The number of nitrogens with zero attached hydrogens (tertiary/aromatic N) is 3. The van der Waals surface area contributed by atoms with E-state index >= 15 is 0 Å². The van der Waals surface area contributed by atoms with E-state index in [-0.39, 0.29) is 30.5 Å². The highest BCUT2D eigenvalue weighted by atomic mass is 16.6. The molecule has 0 unspecified atom stereocenters. The van der Waals surface area contributed by atoms with Crippen molar-refractivity contribution in [3.8, 4) is 11.5 Å². The lowest BCUT2D eigenvalue weighted by atomic mass is 10.2. The highest BCUT2D eigenvalue weighted by Gasteiger charge is 2.15. The van der Waals surface area contributed by atoms with Gasteiger partial charge in [-0.15, -0.1) is 10.2 Å². The molecule has 1 aromatic carbocycles. The van der Waals surface area contributed by atoms with Crippen LogP contribution in [0.1, 0.15) is 12.8 Å². The van der Waals surface area contributed by atoms with Crippen LogP contribution in [0.4, 0.5) is 5.69 Å². The number of benzene rings is 1.